The molecule has 0 saturated carbocycles. The zero-order valence-electron chi connectivity index (χ0n) is 12.3. The average Bonchev–Trinajstić information content (AvgIpc) is 2.74. The van der Waals surface area contributed by atoms with Gasteiger partial charge in [0.1, 0.15) is 0 Å². The lowest BCUT2D eigenvalue weighted by molar-refractivity contribution is 0.102. The molecule has 0 spiro atoms. The lowest BCUT2D eigenvalue weighted by atomic mass is 10.1. The second kappa shape index (κ2) is 6.53. The Morgan fingerprint density at radius 3 is 2.71 bits per heavy atom. The SMILES string of the molecule is Cc1cc(C#CCN)cc(C(=O)Nc2nc(C)c(C)s2)c1. The summed E-state index contributed by atoms with van der Waals surface area (Å²) in [7, 11) is 0. The standard InChI is InChI=1S/C16H17N3OS/c1-10-7-13(5-4-6-17)9-14(8-10)15(20)19-16-18-11(2)12(3)21-16/h7-9H,6,17H2,1-3H3,(H,18,19,20). The van der Waals surface area contributed by atoms with Crippen LogP contribution in [0.2, 0.25) is 0 Å². The second-order valence-corrected chi connectivity index (χ2v) is 5.91. The molecule has 0 radical (unpaired) electrons. The van der Waals surface area contributed by atoms with Gasteiger partial charge < -0.3 is 5.73 Å². The van der Waals surface area contributed by atoms with Gasteiger partial charge in [0.2, 0.25) is 0 Å². The third-order valence-electron chi connectivity index (χ3n) is 2.92. The normalized spacial score (nSPS) is 9.90. The first-order chi connectivity index (χ1) is 9.99. The molecule has 0 unspecified atom stereocenters. The molecular weight excluding hydrogens is 282 g/mol. The van der Waals surface area contributed by atoms with Crippen LogP contribution in [0, 0.1) is 32.6 Å². The molecule has 0 atom stereocenters. The van der Waals surface area contributed by atoms with Crippen molar-refractivity contribution >= 4 is 22.4 Å². The molecule has 0 aliphatic heterocycles. The molecular formula is C16H17N3OS. The highest BCUT2D eigenvalue weighted by atomic mass is 32.1. The molecule has 3 N–H and O–H groups in total. The molecule has 0 saturated heterocycles. The van der Waals surface area contributed by atoms with Crippen LogP contribution >= 0.6 is 11.3 Å². The van der Waals surface area contributed by atoms with Gasteiger partial charge in [0, 0.05) is 16.0 Å². The molecule has 0 aliphatic carbocycles. The molecule has 0 fully saturated rings. The zero-order valence-corrected chi connectivity index (χ0v) is 13.1. The summed E-state index contributed by atoms with van der Waals surface area (Å²) >= 11 is 1.47. The molecule has 4 nitrogen and oxygen atoms in total. The number of rotatable bonds is 2. The Morgan fingerprint density at radius 2 is 2.10 bits per heavy atom. The van der Waals surface area contributed by atoms with Crippen molar-refractivity contribution in [2.75, 3.05) is 11.9 Å². The molecule has 0 aliphatic rings. The average molecular weight is 299 g/mol. The van der Waals surface area contributed by atoms with Gasteiger partial charge in [-0.25, -0.2) is 4.98 Å². The fourth-order valence-electron chi connectivity index (χ4n) is 1.83. The highest BCUT2D eigenvalue weighted by Gasteiger charge is 2.11. The summed E-state index contributed by atoms with van der Waals surface area (Å²) in [6.45, 7) is 6.14. The van der Waals surface area contributed by atoms with Gasteiger partial charge in [-0.15, -0.1) is 11.3 Å². The number of anilines is 1. The number of aromatic nitrogens is 1. The number of benzene rings is 1. The highest BCUT2D eigenvalue weighted by Crippen LogP contribution is 2.22. The van der Waals surface area contributed by atoms with E-state index < -0.39 is 0 Å². The van der Waals surface area contributed by atoms with Crippen molar-refractivity contribution in [3.8, 4) is 11.8 Å². The molecule has 5 heteroatoms. The summed E-state index contributed by atoms with van der Waals surface area (Å²) in [6.07, 6.45) is 0. The van der Waals surface area contributed by atoms with Gasteiger partial charge in [-0.2, -0.15) is 0 Å². The van der Waals surface area contributed by atoms with Gasteiger partial charge in [-0.3, -0.25) is 10.1 Å². The maximum Gasteiger partial charge on any atom is 0.257 e. The third kappa shape index (κ3) is 3.91. The first kappa shape index (κ1) is 15.2. The summed E-state index contributed by atoms with van der Waals surface area (Å²) in [5, 5.41) is 3.44. The van der Waals surface area contributed by atoms with Crippen molar-refractivity contribution in [2.24, 2.45) is 5.73 Å². The van der Waals surface area contributed by atoms with E-state index in [2.05, 4.69) is 22.1 Å². The van der Waals surface area contributed by atoms with Crippen LogP contribution in [-0.2, 0) is 0 Å². The van der Waals surface area contributed by atoms with E-state index in [-0.39, 0.29) is 5.91 Å². The van der Waals surface area contributed by atoms with Crippen LogP contribution < -0.4 is 11.1 Å². The second-order valence-electron chi connectivity index (χ2n) is 4.71. The van der Waals surface area contributed by atoms with E-state index in [4.69, 9.17) is 5.73 Å². The van der Waals surface area contributed by atoms with Crippen LogP contribution in [0.1, 0.15) is 32.1 Å². The highest BCUT2D eigenvalue weighted by molar-refractivity contribution is 7.15. The number of thiazole rings is 1. The van der Waals surface area contributed by atoms with Crippen LogP contribution in [0.15, 0.2) is 18.2 Å². The van der Waals surface area contributed by atoms with Crippen LogP contribution in [0.3, 0.4) is 0 Å². The predicted octanol–water partition coefficient (Wildman–Crippen LogP) is 2.63. The Labute approximate surface area is 128 Å². The summed E-state index contributed by atoms with van der Waals surface area (Å²) in [4.78, 5) is 17.7. The molecule has 2 rings (SSSR count). The first-order valence-electron chi connectivity index (χ1n) is 6.55. The molecule has 1 aromatic carbocycles. The van der Waals surface area contributed by atoms with Crippen molar-refractivity contribution < 1.29 is 4.79 Å². The molecule has 1 heterocycles. The topological polar surface area (TPSA) is 68.0 Å². The Morgan fingerprint density at radius 1 is 1.33 bits per heavy atom. The van der Waals surface area contributed by atoms with Crippen molar-refractivity contribution in [2.45, 2.75) is 20.8 Å². The molecule has 108 valence electrons. The van der Waals surface area contributed by atoms with E-state index in [9.17, 15) is 4.79 Å². The predicted molar refractivity (Wildman–Crippen MR) is 86.7 cm³/mol. The number of carbonyl (C=O) groups excluding carboxylic acids is 1. The number of carbonyl (C=O) groups is 1. The maximum atomic E-state index is 12.3. The Balaban J connectivity index is 2.24. The largest absolute Gasteiger partial charge is 0.320 e. The zero-order chi connectivity index (χ0) is 15.4. The summed E-state index contributed by atoms with van der Waals surface area (Å²) < 4.78 is 0. The Bertz CT molecular complexity index is 718. The molecule has 1 amide bonds. The van der Waals surface area contributed by atoms with E-state index in [1.807, 2.05) is 32.9 Å². The lowest BCUT2D eigenvalue weighted by Gasteiger charge is -2.04. The summed E-state index contributed by atoms with van der Waals surface area (Å²) in [6, 6.07) is 5.52. The number of aryl methyl sites for hydroxylation is 3. The van der Waals surface area contributed by atoms with Crippen molar-refractivity contribution in [1.29, 1.82) is 0 Å². The van der Waals surface area contributed by atoms with Gasteiger partial charge >= 0.3 is 0 Å². The number of hydrogen-bond donors (Lipinski definition) is 2. The number of nitrogens with zero attached hydrogens (tertiary/aromatic N) is 1. The number of nitrogens with two attached hydrogens (primary N) is 1. The summed E-state index contributed by atoms with van der Waals surface area (Å²) in [5.74, 6) is 5.57. The Kier molecular flexibility index (Phi) is 4.73. The maximum absolute atomic E-state index is 12.3. The third-order valence-corrected chi connectivity index (χ3v) is 3.91. The molecule has 1 aromatic heterocycles. The van der Waals surface area contributed by atoms with E-state index in [0.717, 1.165) is 21.7 Å². The minimum atomic E-state index is -0.178. The van der Waals surface area contributed by atoms with Gasteiger partial charge in [0.05, 0.1) is 12.2 Å². The number of nitrogens with one attached hydrogen (secondary N) is 1. The van der Waals surface area contributed by atoms with E-state index in [0.29, 0.717) is 17.2 Å². The molecule has 0 bridgehead atoms. The quantitative estimate of drug-likeness (QED) is 0.838. The van der Waals surface area contributed by atoms with Crippen molar-refractivity contribution in [3.05, 3.63) is 45.5 Å². The minimum absolute atomic E-state index is 0.178. The summed E-state index contributed by atoms with van der Waals surface area (Å²) in [5.41, 5.74) is 8.65. The van der Waals surface area contributed by atoms with E-state index >= 15 is 0 Å². The molecule has 21 heavy (non-hydrogen) atoms. The number of hydrogen-bond acceptors (Lipinski definition) is 4. The van der Waals surface area contributed by atoms with Gasteiger partial charge in [0.25, 0.3) is 5.91 Å². The fourth-order valence-corrected chi connectivity index (χ4v) is 2.64. The van der Waals surface area contributed by atoms with Gasteiger partial charge in [0.15, 0.2) is 5.13 Å². The van der Waals surface area contributed by atoms with Gasteiger partial charge in [-0.1, -0.05) is 11.8 Å². The van der Waals surface area contributed by atoms with Gasteiger partial charge in [-0.05, 0) is 44.5 Å². The van der Waals surface area contributed by atoms with Crippen molar-refractivity contribution in [1.82, 2.24) is 4.98 Å². The van der Waals surface area contributed by atoms with Crippen LogP contribution in [-0.4, -0.2) is 17.4 Å². The van der Waals surface area contributed by atoms with E-state index in [1.54, 1.807) is 6.07 Å². The Hall–Kier alpha value is -2.16. The molecule has 2 aromatic rings. The number of amides is 1. The lowest BCUT2D eigenvalue weighted by Crippen LogP contribution is -2.12. The minimum Gasteiger partial charge on any atom is -0.320 e. The van der Waals surface area contributed by atoms with Crippen molar-refractivity contribution in [3.63, 3.8) is 0 Å². The fraction of sp³-hybridized carbons (Fsp3) is 0.250. The first-order valence-corrected chi connectivity index (χ1v) is 7.37. The van der Waals surface area contributed by atoms with Crippen LogP contribution in [0.25, 0.3) is 0 Å². The smallest absolute Gasteiger partial charge is 0.257 e. The van der Waals surface area contributed by atoms with E-state index in [1.165, 1.54) is 11.3 Å². The monoisotopic (exact) mass is 299 g/mol. The van der Waals surface area contributed by atoms with Crippen LogP contribution in [0.4, 0.5) is 5.13 Å². The van der Waals surface area contributed by atoms with Crippen LogP contribution in [0.5, 0.6) is 0 Å².